The molecule has 38 heavy (non-hydrogen) atoms. The van der Waals surface area contributed by atoms with Crippen molar-refractivity contribution in [3.8, 4) is 28.5 Å². The van der Waals surface area contributed by atoms with E-state index in [4.69, 9.17) is 19.2 Å². The molecule has 0 fully saturated rings. The molecule has 7 heteroatoms. The molecule has 1 amide bonds. The summed E-state index contributed by atoms with van der Waals surface area (Å²) in [5.41, 5.74) is 6.68. The first-order valence-electron chi connectivity index (χ1n) is 13.0. The van der Waals surface area contributed by atoms with E-state index in [9.17, 15) is 4.79 Å². The maximum Gasteiger partial charge on any atom is 0.272 e. The smallest absolute Gasteiger partial charge is 0.272 e. The zero-order chi connectivity index (χ0) is 26.3. The van der Waals surface area contributed by atoms with Gasteiger partial charge in [0, 0.05) is 17.2 Å². The largest absolute Gasteiger partial charge is 0.494 e. The van der Waals surface area contributed by atoms with Gasteiger partial charge in [-0.1, -0.05) is 56.7 Å². The molecule has 0 aliphatic carbocycles. The Kier molecular flexibility index (Phi) is 7.83. The van der Waals surface area contributed by atoms with E-state index in [1.54, 1.807) is 6.21 Å². The van der Waals surface area contributed by atoms with Gasteiger partial charge in [-0.2, -0.15) is 5.10 Å². The molecule has 0 radical (unpaired) electrons. The van der Waals surface area contributed by atoms with E-state index in [2.05, 4.69) is 24.4 Å². The van der Waals surface area contributed by atoms with Gasteiger partial charge in [0.2, 0.25) is 6.79 Å². The Bertz CT molecular complexity index is 1470. The number of hydrazone groups is 1. The van der Waals surface area contributed by atoms with Gasteiger partial charge in [-0.3, -0.25) is 4.79 Å². The van der Waals surface area contributed by atoms with Gasteiger partial charge in [-0.05, 0) is 60.7 Å². The fourth-order valence-corrected chi connectivity index (χ4v) is 4.37. The number of fused-ring (bicyclic) bond motifs is 2. The van der Waals surface area contributed by atoms with Crippen molar-refractivity contribution in [1.82, 2.24) is 10.4 Å². The average Bonchev–Trinajstić information content (AvgIpc) is 3.41. The maximum atomic E-state index is 13.2. The highest BCUT2D eigenvalue weighted by Gasteiger charge is 2.15. The third-order valence-corrected chi connectivity index (χ3v) is 6.35. The van der Waals surface area contributed by atoms with Gasteiger partial charge in [0.15, 0.2) is 11.5 Å². The molecule has 1 aliphatic heterocycles. The summed E-state index contributed by atoms with van der Waals surface area (Å²) in [4.78, 5) is 18.1. The van der Waals surface area contributed by atoms with E-state index in [-0.39, 0.29) is 18.6 Å². The standard InChI is InChI=1S/C31H31N3O4/c1-3-4-14-36-24-9-7-8-23(17-24)28-18-26(25-10-5-6-11-27(25)33-28)31(35)34-32-19-21(2)15-22-12-13-29-30(16-22)38-20-37-29/h5-13,16-19,21H,3-4,14-15,20H2,1-2H3,(H,34,35)/b32-19-/t21-/m0/s1. The van der Waals surface area contributed by atoms with E-state index in [0.29, 0.717) is 17.9 Å². The Hall–Kier alpha value is -4.39. The molecular formula is C31H31N3O4. The van der Waals surface area contributed by atoms with Crippen molar-refractivity contribution in [3.05, 3.63) is 83.9 Å². The van der Waals surface area contributed by atoms with Crippen molar-refractivity contribution in [3.63, 3.8) is 0 Å². The normalized spacial score (nSPS) is 13.1. The van der Waals surface area contributed by atoms with Crippen LogP contribution in [-0.4, -0.2) is 30.5 Å². The molecule has 2 heterocycles. The lowest BCUT2D eigenvalue weighted by molar-refractivity contribution is 0.0956. The second-order valence-corrected chi connectivity index (χ2v) is 9.39. The van der Waals surface area contributed by atoms with Crippen LogP contribution in [0, 0.1) is 5.92 Å². The van der Waals surface area contributed by atoms with Crippen molar-refractivity contribution >= 4 is 23.0 Å². The van der Waals surface area contributed by atoms with Crippen LogP contribution in [0.5, 0.6) is 17.2 Å². The number of carbonyl (C=O) groups excluding carboxylic acids is 1. The van der Waals surface area contributed by atoms with Crippen LogP contribution in [0.4, 0.5) is 0 Å². The number of unbranched alkanes of at least 4 members (excludes halogenated alkanes) is 1. The molecule has 3 aromatic carbocycles. The number of rotatable bonds is 10. The number of benzene rings is 3. The van der Waals surface area contributed by atoms with Crippen molar-refractivity contribution in [1.29, 1.82) is 0 Å². The molecule has 1 N–H and O–H groups in total. The minimum absolute atomic E-state index is 0.107. The second kappa shape index (κ2) is 11.8. The van der Waals surface area contributed by atoms with Gasteiger partial charge < -0.3 is 14.2 Å². The SMILES string of the molecule is CCCCOc1cccc(-c2cc(C(=O)N/N=C\[C@@H](C)Cc3ccc4c(c3)OCO4)c3ccccc3n2)c1. The summed E-state index contributed by atoms with van der Waals surface area (Å²) in [5.74, 6) is 2.14. The summed E-state index contributed by atoms with van der Waals surface area (Å²) in [6, 6.07) is 23.2. The predicted molar refractivity (Wildman–Crippen MR) is 149 cm³/mol. The average molecular weight is 510 g/mol. The quantitative estimate of drug-likeness (QED) is 0.152. The molecule has 0 bridgehead atoms. The van der Waals surface area contributed by atoms with Crippen LogP contribution in [0.2, 0.25) is 0 Å². The third kappa shape index (κ3) is 5.94. The van der Waals surface area contributed by atoms with Crippen LogP contribution in [0.25, 0.3) is 22.2 Å². The summed E-state index contributed by atoms with van der Waals surface area (Å²) in [6.45, 7) is 5.11. The van der Waals surface area contributed by atoms with Gasteiger partial charge in [0.1, 0.15) is 5.75 Å². The van der Waals surface area contributed by atoms with Crippen molar-refractivity contribution in [2.45, 2.75) is 33.1 Å². The molecule has 7 nitrogen and oxygen atoms in total. The topological polar surface area (TPSA) is 82.0 Å². The Balaban J connectivity index is 1.31. The summed E-state index contributed by atoms with van der Waals surface area (Å²) in [5, 5.41) is 5.03. The highest BCUT2D eigenvalue weighted by molar-refractivity contribution is 6.07. The number of nitrogens with one attached hydrogen (secondary N) is 1. The molecule has 0 saturated carbocycles. The Morgan fingerprint density at radius 2 is 1.95 bits per heavy atom. The summed E-state index contributed by atoms with van der Waals surface area (Å²) >= 11 is 0. The van der Waals surface area contributed by atoms with Crippen LogP contribution in [0.3, 0.4) is 0 Å². The number of carbonyl (C=O) groups is 1. The molecule has 1 atom stereocenters. The fraction of sp³-hybridized carbons (Fsp3) is 0.258. The Morgan fingerprint density at radius 1 is 1.08 bits per heavy atom. The number of amides is 1. The van der Waals surface area contributed by atoms with E-state index in [0.717, 1.165) is 58.5 Å². The first-order valence-corrected chi connectivity index (χ1v) is 13.0. The van der Waals surface area contributed by atoms with E-state index >= 15 is 0 Å². The molecule has 5 rings (SSSR count). The first kappa shape index (κ1) is 25.3. The molecule has 1 aliphatic rings. The maximum absolute atomic E-state index is 13.2. The summed E-state index contributed by atoms with van der Waals surface area (Å²) in [6.07, 6.45) is 4.58. The molecule has 0 unspecified atom stereocenters. The summed E-state index contributed by atoms with van der Waals surface area (Å²) < 4.78 is 16.7. The summed E-state index contributed by atoms with van der Waals surface area (Å²) in [7, 11) is 0. The molecular weight excluding hydrogens is 478 g/mol. The number of ether oxygens (including phenoxy) is 3. The van der Waals surface area contributed by atoms with Crippen molar-refractivity contribution in [2.75, 3.05) is 13.4 Å². The number of para-hydroxylation sites is 1. The van der Waals surface area contributed by atoms with Crippen LogP contribution in [-0.2, 0) is 6.42 Å². The number of nitrogens with zero attached hydrogens (tertiary/aromatic N) is 2. The lowest BCUT2D eigenvalue weighted by Gasteiger charge is -2.11. The van der Waals surface area contributed by atoms with Crippen molar-refractivity contribution in [2.24, 2.45) is 11.0 Å². The minimum atomic E-state index is -0.285. The molecule has 4 aromatic rings. The minimum Gasteiger partial charge on any atom is -0.494 e. The number of aromatic nitrogens is 1. The number of pyridine rings is 1. The van der Waals surface area contributed by atoms with Gasteiger partial charge in [-0.15, -0.1) is 0 Å². The number of hydrogen-bond donors (Lipinski definition) is 1. The van der Waals surface area contributed by atoms with Crippen molar-refractivity contribution < 1.29 is 19.0 Å². The van der Waals surface area contributed by atoms with Gasteiger partial charge in [-0.25, -0.2) is 10.4 Å². The van der Waals surface area contributed by atoms with Gasteiger partial charge in [0.25, 0.3) is 5.91 Å². The Morgan fingerprint density at radius 3 is 2.84 bits per heavy atom. The molecule has 0 saturated heterocycles. The number of hydrogen-bond acceptors (Lipinski definition) is 6. The first-order chi connectivity index (χ1) is 18.6. The van der Waals surface area contributed by atoms with E-state index < -0.39 is 0 Å². The van der Waals surface area contributed by atoms with Gasteiger partial charge in [0.05, 0.1) is 23.4 Å². The second-order valence-electron chi connectivity index (χ2n) is 9.39. The highest BCUT2D eigenvalue weighted by atomic mass is 16.7. The zero-order valence-electron chi connectivity index (χ0n) is 21.6. The lowest BCUT2D eigenvalue weighted by Crippen LogP contribution is -2.19. The van der Waals surface area contributed by atoms with Gasteiger partial charge >= 0.3 is 0 Å². The van der Waals surface area contributed by atoms with E-state index in [1.807, 2.05) is 72.8 Å². The molecule has 194 valence electrons. The fourth-order valence-electron chi connectivity index (χ4n) is 4.37. The monoisotopic (exact) mass is 509 g/mol. The predicted octanol–water partition coefficient (Wildman–Crippen LogP) is 6.40. The van der Waals surface area contributed by atoms with Crippen LogP contribution < -0.4 is 19.6 Å². The Labute approximate surface area is 222 Å². The molecule has 1 aromatic heterocycles. The van der Waals surface area contributed by atoms with Crippen LogP contribution >= 0.6 is 0 Å². The third-order valence-electron chi connectivity index (χ3n) is 6.35. The highest BCUT2D eigenvalue weighted by Crippen LogP contribution is 2.33. The van der Waals surface area contributed by atoms with Crippen LogP contribution in [0.15, 0.2) is 77.9 Å². The van der Waals surface area contributed by atoms with Crippen LogP contribution in [0.1, 0.15) is 42.6 Å². The molecule has 0 spiro atoms. The zero-order valence-corrected chi connectivity index (χ0v) is 21.6. The van der Waals surface area contributed by atoms with E-state index in [1.165, 1.54) is 0 Å². The lowest BCUT2D eigenvalue weighted by atomic mass is 10.0.